The number of aromatic nitrogens is 1. The lowest BCUT2D eigenvalue weighted by Gasteiger charge is -2.40. The number of ether oxygens (including phenoxy) is 3. The van der Waals surface area contributed by atoms with Crippen LogP contribution >= 0.6 is 0 Å². The van der Waals surface area contributed by atoms with Crippen LogP contribution in [-0.4, -0.2) is 46.9 Å². The van der Waals surface area contributed by atoms with Crippen molar-refractivity contribution in [3.63, 3.8) is 0 Å². The van der Waals surface area contributed by atoms with E-state index in [1.807, 2.05) is 44.9 Å². The lowest BCUT2D eigenvalue weighted by molar-refractivity contribution is -0.0415. The molecule has 0 aromatic carbocycles. The monoisotopic (exact) mass is 376 g/mol. The molecule has 1 saturated heterocycles. The van der Waals surface area contributed by atoms with Gasteiger partial charge in [-0.1, -0.05) is 0 Å². The van der Waals surface area contributed by atoms with Gasteiger partial charge in [-0.2, -0.15) is 0 Å². The fourth-order valence-corrected chi connectivity index (χ4v) is 3.49. The van der Waals surface area contributed by atoms with E-state index in [0.717, 1.165) is 43.4 Å². The molecule has 150 valence electrons. The van der Waals surface area contributed by atoms with Gasteiger partial charge in [-0.25, -0.2) is 4.79 Å². The van der Waals surface area contributed by atoms with Gasteiger partial charge in [0.25, 0.3) is 0 Å². The first-order valence-electron chi connectivity index (χ1n) is 10.1. The van der Waals surface area contributed by atoms with Gasteiger partial charge in [0.1, 0.15) is 17.5 Å². The molecular formula is C21H32N2O4. The van der Waals surface area contributed by atoms with Crippen LogP contribution in [0.3, 0.4) is 0 Å². The Bertz CT molecular complexity index is 639. The van der Waals surface area contributed by atoms with Gasteiger partial charge < -0.3 is 19.1 Å². The van der Waals surface area contributed by atoms with Gasteiger partial charge in [0.05, 0.1) is 12.1 Å². The Labute approximate surface area is 162 Å². The average Bonchev–Trinajstić information content (AvgIpc) is 3.43. The number of likely N-dealkylation sites (tertiary alicyclic amines) is 1. The summed E-state index contributed by atoms with van der Waals surface area (Å²) in [6.07, 6.45) is 8.42. The summed E-state index contributed by atoms with van der Waals surface area (Å²) in [5.41, 5.74) is 0.404. The number of piperidine rings is 1. The summed E-state index contributed by atoms with van der Waals surface area (Å²) >= 11 is 0. The molecule has 6 nitrogen and oxygen atoms in total. The minimum atomic E-state index is -0.519. The molecule has 2 fully saturated rings. The van der Waals surface area contributed by atoms with E-state index in [9.17, 15) is 4.79 Å². The van der Waals surface area contributed by atoms with Crippen LogP contribution in [0.1, 0.15) is 71.5 Å². The molecule has 1 aromatic heterocycles. The minimum absolute atomic E-state index is 0.0840. The van der Waals surface area contributed by atoms with Crippen molar-refractivity contribution in [2.75, 3.05) is 13.2 Å². The van der Waals surface area contributed by atoms with Crippen molar-refractivity contribution in [2.24, 2.45) is 0 Å². The van der Waals surface area contributed by atoms with E-state index >= 15 is 0 Å². The number of carbonyl (C=O) groups excluding carboxylic acids is 1. The van der Waals surface area contributed by atoms with Crippen molar-refractivity contribution in [1.29, 1.82) is 0 Å². The van der Waals surface area contributed by atoms with Crippen molar-refractivity contribution < 1.29 is 19.0 Å². The molecule has 0 spiro atoms. The first-order valence-corrected chi connectivity index (χ1v) is 10.1. The quantitative estimate of drug-likeness (QED) is 0.732. The standard InChI is InChI=1S/C21H32N2O4/c1-5-25-19(16-14-22-12-11-18(16)26-15-9-10-15)17-8-6-7-13-23(17)20(24)27-21(2,3)4/h11-12,14-15,17,19H,5-10,13H2,1-4H3. The average molecular weight is 376 g/mol. The zero-order chi connectivity index (χ0) is 19.4. The molecule has 6 heteroatoms. The summed E-state index contributed by atoms with van der Waals surface area (Å²) in [5, 5.41) is 0. The third-order valence-corrected chi connectivity index (χ3v) is 4.81. The molecule has 2 atom stereocenters. The summed E-state index contributed by atoms with van der Waals surface area (Å²) in [5.74, 6) is 0.820. The minimum Gasteiger partial charge on any atom is -0.490 e. The van der Waals surface area contributed by atoms with Crippen LogP contribution in [0.15, 0.2) is 18.5 Å². The summed E-state index contributed by atoms with van der Waals surface area (Å²) in [6, 6.07) is 1.82. The molecule has 0 radical (unpaired) electrons. The Morgan fingerprint density at radius 2 is 2.07 bits per heavy atom. The Hall–Kier alpha value is -1.82. The van der Waals surface area contributed by atoms with E-state index in [1.165, 1.54) is 0 Å². The Balaban J connectivity index is 1.86. The topological polar surface area (TPSA) is 60.9 Å². The van der Waals surface area contributed by atoms with Crippen molar-refractivity contribution >= 4 is 6.09 Å². The first-order chi connectivity index (χ1) is 12.9. The van der Waals surface area contributed by atoms with Crippen LogP contribution < -0.4 is 4.74 Å². The second kappa shape index (κ2) is 8.46. The molecule has 1 amide bonds. The van der Waals surface area contributed by atoms with Crippen LogP contribution in [0, 0.1) is 0 Å². The number of amides is 1. The van der Waals surface area contributed by atoms with Gasteiger partial charge in [-0.15, -0.1) is 0 Å². The highest BCUT2D eigenvalue weighted by atomic mass is 16.6. The molecule has 0 bridgehead atoms. The summed E-state index contributed by atoms with van der Waals surface area (Å²) in [6.45, 7) is 8.90. The second-order valence-corrected chi connectivity index (χ2v) is 8.34. The van der Waals surface area contributed by atoms with Gasteiger partial charge >= 0.3 is 6.09 Å². The van der Waals surface area contributed by atoms with Crippen LogP contribution in [0.5, 0.6) is 5.75 Å². The first kappa shape index (κ1) is 19.9. The van der Waals surface area contributed by atoms with Crippen LogP contribution in [0.2, 0.25) is 0 Å². The van der Waals surface area contributed by atoms with E-state index < -0.39 is 5.60 Å². The number of pyridine rings is 1. The lowest BCUT2D eigenvalue weighted by Crippen LogP contribution is -2.49. The molecule has 3 rings (SSSR count). The highest BCUT2D eigenvalue weighted by Crippen LogP contribution is 2.38. The van der Waals surface area contributed by atoms with Crippen molar-refractivity contribution in [2.45, 2.75) is 83.6 Å². The fourth-order valence-electron chi connectivity index (χ4n) is 3.49. The van der Waals surface area contributed by atoms with Crippen LogP contribution in [-0.2, 0) is 9.47 Å². The molecule has 1 aromatic rings. The number of hydrogen-bond acceptors (Lipinski definition) is 5. The number of carbonyl (C=O) groups is 1. The maximum atomic E-state index is 12.8. The third-order valence-electron chi connectivity index (χ3n) is 4.81. The summed E-state index contributed by atoms with van der Waals surface area (Å²) in [4.78, 5) is 19.0. The maximum absolute atomic E-state index is 12.8. The predicted molar refractivity (Wildman–Crippen MR) is 103 cm³/mol. The summed E-state index contributed by atoms with van der Waals surface area (Å²) in [7, 11) is 0. The Kier molecular flexibility index (Phi) is 6.25. The molecule has 0 N–H and O–H groups in total. The van der Waals surface area contributed by atoms with Gasteiger partial charge in [-0.05, 0) is 65.9 Å². The number of rotatable bonds is 6. The molecule has 2 unspecified atom stereocenters. The second-order valence-electron chi connectivity index (χ2n) is 8.34. The smallest absolute Gasteiger partial charge is 0.410 e. The van der Waals surface area contributed by atoms with Gasteiger partial charge in [0.2, 0.25) is 0 Å². The highest BCUT2D eigenvalue weighted by Gasteiger charge is 2.38. The van der Waals surface area contributed by atoms with E-state index in [0.29, 0.717) is 19.3 Å². The van der Waals surface area contributed by atoms with Gasteiger partial charge in [-0.3, -0.25) is 4.98 Å². The lowest BCUT2D eigenvalue weighted by atomic mass is 9.93. The molecule has 27 heavy (non-hydrogen) atoms. The van der Waals surface area contributed by atoms with Crippen molar-refractivity contribution in [3.8, 4) is 5.75 Å². The summed E-state index contributed by atoms with van der Waals surface area (Å²) < 4.78 is 17.9. The Morgan fingerprint density at radius 3 is 2.74 bits per heavy atom. The predicted octanol–water partition coefficient (Wildman–Crippen LogP) is 4.49. The number of hydrogen-bond donors (Lipinski definition) is 0. The largest absolute Gasteiger partial charge is 0.490 e. The van der Waals surface area contributed by atoms with Crippen LogP contribution in [0.4, 0.5) is 4.79 Å². The van der Waals surface area contributed by atoms with Gasteiger partial charge in [0.15, 0.2) is 0 Å². The van der Waals surface area contributed by atoms with E-state index in [2.05, 4.69) is 4.98 Å². The Morgan fingerprint density at radius 1 is 1.30 bits per heavy atom. The molecule has 1 aliphatic heterocycles. The third kappa shape index (κ3) is 5.34. The molecular weight excluding hydrogens is 344 g/mol. The van der Waals surface area contributed by atoms with E-state index in [-0.39, 0.29) is 18.2 Å². The van der Waals surface area contributed by atoms with Crippen molar-refractivity contribution in [1.82, 2.24) is 9.88 Å². The number of nitrogens with zero attached hydrogens (tertiary/aromatic N) is 2. The molecule has 2 heterocycles. The van der Waals surface area contributed by atoms with E-state index in [4.69, 9.17) is 14.2 Å². The van der Waals surface area contributed by atoms with Crippen LogP contribution in [0.25, 0.3) is 0 Å². The van der Waals surface area contributed by atoms with E-state index in [1.54, 1.807) is 6.20 Å². The zero-order valence-corrected chi connectivity index (χ0v) is 16.9. The maximum Gasteiger partial charge on any atom is 0.410 e. The fraction of sp³-hybridized carbons (Fsp3) is 0.714. The molecule has 1 aliphatic carbocycles. The normalized spacial score (nSPS) is 21.6. The van der Waals surface area contributed by atoms with Gasteiger partial charge in [0, 0.05) is 31.1 Å². The highest BCUT2D eigenvalue weighted by molar-refractivity contribution is 5.69. The van der Waals surface area contributed by atoms with Crippen molar-refractivity contribution in [3.05, 3.63) is 24.0 Å². The molecule has 2 aliphatic rings. The SMILES string of the molecule is CCOC(c1cnccc1OC1CC1)C1CCCCN1C(=O)OC(C)(C)C. The zero-order valence-electron chi connectivity index (χ0n) is 16.9. The molecule has 1 saturated carbocycles.